The van der Waals surface area contributed by atoms with Crippen molar-refractivity contribution < 1.29 is 4.79 Å². The molecule has 0 aromatic heterocycles. The minimum atomic E-state index is 0. The second-order valence-electron chi connectivity index (χ2n) is 8.84. The van der Waals surface area contributed by atoms with Gasteiger partial charge in [0, 0.05) is 51.2 Å². The Bertz CT molecular complexity index is 738. The Labute approximate surface area is 205 Å². The lowest BCUT2D eigenvalue weighted by molar-refractivity contribution is -0.129. The van der Waals surface area contributed by atoms with Gasteiger partial charge in [-0.1, -0.05) is 45.0 Å². The van der Waals surface area contributed by atoms with Gasteiger partial charge in [-0.2, -0.15) is 0 Å². The van der Waals surface area contributed by atoms with Crippen LogP contribution in [0.2, 0.25) is 0 Å². The maximum atomic E-state index is 12.0. The molecule has 174 valence electrons. The highest BCUT2D eigenvalue weighted by Gasteiger charge is 2.27. The molecule has 7 heteroatoms. The van der Waals surface area contributed by atoms with Crippen molar-refractivity contribution in [3.8, 4) is 0 Å². The average Bonchev–Trinajstić information content (AvgIpc) is 3.21. The first-order valence-electron chi connectivity index (χ1n) is 11.6. The van der Waals surface area contributed by atoms with E-state index in [1.54, 1.807) is 0 Å². The zero-order valence-electron chi connectivity index (χ0n) is 19.6. The van der Waals surface area contributed by atoms with E-state index in [4.69, 9.17) is 4.99 Å². The first-order chi connectivity index (χ1) is 14.5. The van der Waals surface area contributed by atoms with E-state index in [0.717, 1.165) is 58.1 Å². The molecule has 1 amide bonds. The highest BCUT2D eigenvalue weighted by Crippen LogP contribution is 2.23. The third-order valence-electron chi connectivity index (χ3n) is 6.36. The summed E-state index contributed by atoms with van der Waals surface area (Å²) in [5.74, 6) is 1.65. The van der Waals surface area contributed by atoms with Crippen molar-refractivity contribution in [2.24, 2.45) is 10.9 Å². The monoisotopic (exact) mass is 541 g/mol. The molecule has 0 spiro atoms. The standard InChI is InChI=1S/C24H39N5O.HI/c1-5-23(30)29-14-12-21(17-29)27-24(25-6-2)26-15-22(18(3)4)28-13-11-19-9-7-8-10-20(19)16-28;/h7-10,18,21-22H,5-6,11-17H2,1-4H3,(H2,25,26,27);1H. The Hall–Kier alpha value is -1.35. The van der Waals surface area contributed by atoms with Crippen LogP contribution < -0.4 is 10.6 Å². The Morgan fingerprint density at radius 2 is 1.94 bits per heavy atom. The lowest BCUT2D eigenvalue weighted by Crippen LogP contribution is -2.47. The summed E-state index contributed by atoms with van der Waals surface area (Å²) in [7, 11) is 0. The van der Waals surface area contributed by atoms with Crippen molar-refractivity contribution >= 4 is 35.8 Å². The van der Waals surface area contributed by atoms with Crippen LogP contribution >= 0.6 is 24.0 Å². The molecule has 0 bridgehead atoms. The summed E-state index contributed by atoms with van der Waals surface area (Å²) in [5.41, 5.74) is 2.94. The molecule has 2 atom stereocenters. The summed E-state index contributed by atoms with van der Waals surface area (Å²) < 4.78 is 0. The predicted octanol–water partition coefficient (Wildman–Crippen LogP) is 3.25. The van der Waals surface area contributed by atoms with Crippen LogP contribution in [0.1, 0.15) is 51.7 Å². The molecule has 0 aliphatic carbocycles. The van der Waals surface area contributed by atoms with Gasteiger partial charge in [-0.05, 0) is 36.8 Å². The SMILES string of the molecule is CCNC(=NCC(C(C)C)N1CCc2ccccc2C1)NC1CCN(C(=O)CC)C1.I. The summed E-state index contributed by atoms with van der Waals surface area (Å²) in [6.45, 7) is 13.9. The lowest BCUT2D eigenvalue weighted by atomic mass is 9.95. The molecule has 31 heavy (non-hydrogen) atoms. The third-order valence-corrected chi connectivity index (χ3v) is 6.36. The number of benzene rings is 1. The van der Waals surface area contributed by atoms with Gasteiger partial charge in [-0.3, -0.25) is 14.7 Å². The quantitative estimate of drug-likeness (QED) is 0.316. The zero-order valence-corrected chi connectivity index (χ0v) is 21.9. The third kappa shape index (κ3) is 7.07. The number of carbonyl (C=O) groups is 1. The fourth-order valence-electron chi connectivity index (χ4n) is 4.57. The Morgan fingerprint density at radius 1 is 1.19 bits per heavy atom. The number of aliphatic imine (C=N–C) groups is 1. The Balaban J connectivity index is 0.00000341. The number of halogens is 1. The number of carbonyl (C=O) groups excluding carboxylic acids is 1. The minimum absolute atomic E-state index is 0. The fraction of sp³-hybridized carbons (Fsp3) is 0.667. The van der Waals surface area contributed by atoms with E-state index >= 15 is 0 Å². The molecule has 0 saturated carbocycles. The van der Waals surface area contributed by atoms with Crippen LogP contribution in [0, 0.1) is 5.92 Å². The smallest absolute Gasteiger partial charge is 0.222 e. The van der Waals surface area contributed by atoms with Crippen LogP contribution in [0.5, 0.6) is 0 Å². The maximum absolute atomic E-state index is 12.0. The Morgan fingerprint density at radius 3 is 2.61 bits per heavy atom. The normalized spacial score (nSPS) is 20.2. The van der Waals surface area contributed by atoms with E-state index in [9.17, 15) is 4.79 Å². The molecule has 2 unspecified atom stereocenters. The zero-order chi connectivity index (χ0) is 21.5. The minimum Gasteiger partial charge on any atom is -0.357 e. The largest absolute Gasteiger partial charge is 0.357 e. The molecule has 2 aliphatic heterocycles. The van der Waals surface area contributed by atoms with Crippen molar-refractivity contribution in [1.82, 2.24) is 20.4 Å². The van der Waals surface area contributed by atoms with Gasteiger partial charge in [0.25, 0.3) is 0 Å². The van der Waals surface area contributed by atoms with Crippen molar-refractivity contribution in [1.29, 1.82) is 0 Å². The van der Waals surface area contributed by atoms with E-state index < -0.39 is 0 Å². The molecule has 2 heterocycles. The van der Waals surface area contributed by atoms with Crippen LogP contribution in [0.4, 0.5) is 0 Å². The number of amides is 1. The van der Waals surface area contributed by atoms with E-state index in [2.05, 4.69) is 60.6 Å². The maximum Gasteiger partial charge on any atom is 0.222 e. The molecular formula is C24H40IN5O. The number of fused-ring (bicyclic) bond motifs is 1. The van der Waals surface area contributed by atoms with Crippen molar-refractivity contribution in [2.45, 2.75) is 65.6 Å². The molecule has 6 nitrogen and oxygen atoms in total. The van der Waals surface area contributed by atoms with Crippen molar-refractivity contribution in [3.05, 3.63) is 35.4 Å². The highest BCUT2D eigenvalue weighted by atomic mass is 127. The number of nitrogens with one attached hydrogen (secondary N) is 2. The number of hydrogen-bond donors (Lipinski definition) is 2. The number of nitrogens with zero attached hydrogens (tertiary/aromatic N) is 3. The van der Waals surface area contributed by atoms with Gasteiger partial charge in [0.2, 0.25) is 5.91 Å². The predicted molar refractivity (Wildman–Crippen MR) is 139 cm³/mol. The lowest BCUT2D eigenvalue weighted by Gasteiger charge is -2.37. The molecule has 1 saturated heterocycles. The number of rotatable bonds is 7. The topological polar surface area (TPSA) is 60.0 Å². The first kappa shape index (κ1) is 25.9. The van der Waals surface area contributed by atoms with Crippen LogP contribution in [0.3, 0.4) is 0 Å². The number of hydrogen-bond acceptors (Lipinski definition) is 3. The molecule has 3 rings (SSSR count). The fourth-order valence-corrected chi connectivity index (χ4v) is 4.57. The van der Waals surface area contributed by atoms with Crippen LogP contribution in [0.25, 0.3) is 0 Å². The summed E-state index contributed by atoms with van der Waals surface area (Å²) >= 11 is 0. The van der Waals surface area contributed by atoms with Gasteiger partial charge in [0.15, 0.2) is 5.96 Å². The van der Waals surface area contributed by atoms with E-state index in [-0.39, 0.29) is 35.9 Å². The number of likely N-dealkylation sites (tertiary alicyclic amines) is 1. The van der Waals surface area contributed by atoms with E-state index in [1.807, 2.05) is 11.8 Å². The second kappa shape index (κ2) is 12.6. The summed E-state index contributed by atoms with van der Waals surface area (Å²) in [5, 5.41) is 6.96. The summed E-state index contributed by atoms with van der Waals surface area (Å²) in [4.78, 5) is 21.5. The van der Waals surface area contributed by atoms with Gasteiger partial charge in [0.05, 0.1) is 6.54 Å². The highest BCUT2D eigenvalue weighted by molar-refractivity contribution is 14.0. The average molecular weight is 542 g/mol. The van der Waals surface area contributed by atoms with Gasteiger partial charge in [0.1, 0.15) is 0 Å². The van der Waals surface area contributed by atoms with Gasteiger partial charge in [-0.25, -0.2) is 0 Å². The molecule has 2 N–H and O–H groups in total. The van der Waals surface area contributed by atoms with Gasteiger partial charge in [-0.15, -0.1) is 24.0 Å². The van der Waals surface area contributed by atoms with Crippen molar-refractivity contribution in [2.75, 3.05) is 32.7 Å². The van der Waals surface area contributed by atoms with Gasteiger partial charge >= 0.3 is 0 Å². The van der Waals surface area contributed by atoms with Crippen LogP contribution in [0.15, 0.2) is 29.3 Å². The molecule has 1 aromatic carbocycles. The summed E-state index contributed by atoms with van der Waals surface area (Å²) in [6.07, 6.45) is 2.67. The van der Waals surface area contributed by atoms with Crippen LogP contribution in [-0.2, 0) is 17.8 Å². The van der Waals surface area contributed by atoms with Crippen molar-refractivity contribution in [3.63, 3.8) is 0 Å². The molecule has 1 fully saturated rings. The second-order valence-corrected chi connectivity index (χ2v) is 8.84. The first-order valence-corrected chi connectivity index (χ1v) is 11.6. The van der Waals surface area contributed by atoms with Crippen LogP contribution in [-0.4, -0.2) is 66.5 Å². The summed E-state index contributed by atoms with van der Waals surface area (Å²) in [6, 6.07) is 9.50. The molecular weight excluding hydrogens is 501 g/mol. The van der Waals surface area contributed by atoms with E-state index in [1.165, 1.54) is 11.1 Å². The van der Waals surface area contributed by atoms with Gasteiger partial charge < -0.3 is 15.5 Å². The molecule has 0 radical (unpaired) electrons. The molecule has 1 aromatic rings. The molecule has 2 aliphatic rings. The number of guanidine groups is 1. The Kier molecular flexibility index (Phi) is 10.6. The van der Waals surface area contributed by atoms with E-state index in [0.29, 0.717) is 18.4 Å².